The molecule has 1 unspecified atom stereocenters. The molecule has 3 rings (SSSR count). The Bertz CT molecular complexity index is 474. The summed E-state index contributed by atoms with van der Waals surface area (Å²) in [4.78, 5) is 2.37. The van der Waals surface area contributed by atoms with Crippen LogP contribution >= 0.6 is 0 Å². The Balaban J connectivity index is 1.82. The van der Waals surface area contributed by atoms with E-state index in [-0.39, 0.29) is 6.04 Å². The van der Waals surface area contributed by atoms with Crippen molar-refractivity contribution in [3.8, 4) is 5.75 Å². The van der Waals surface area contributed by atoms with Crippen LogP contribution in [0.5, 0.6) is 5.75 Å². The Hall–Kier alpha value is -1.14. The zero-order valence-electron chi connectivity index (χ0n) is 12.6. The molecule has 0 bridgehead atoms. The molecule has 2 saturated heterocycles. The fourth-order valence-corrected chi connectivity index (χ4v) is 3.43. The Labute approximate surface area is 126 Å². The average Bonchev–Trinajstić information content (AvgIpc) is 2.96. The number of para-hydroxylation sites is 1. The summed E-state index contributed by atoms with van der Waals surface area (Å²) >= 11 is 0. The van der Waals surface area contributed by atoms with Crippen molar-refractivity contribution in [3.05, 3.63) is 29.8 Å². The van der Waals surface area contributed by atoms with E-state index in [0.29, 0.717) is 19.8 Å². The van der Waals surface area contributed by atoms with Crippen LogP contribution in [-0.4, -0.2) is 50.6 Å². The number of hydrogen-bond acceptors (Lipinski definition) is 5. The van der Waals surface area contributed by atoms with Gasteiger partial charge in [-0.3, -0.25) is 4.90 Å². The number of rotatable bonds is 4. The van der Waals surface area contributed by atoms with Crippen molar-refractivity contribution in [1.29, 1.82) is 0 Å². The summed E-state index contributed by atoms with van der Waals surface area (Å²) in [5.74, 6) is 0.467. The molecule has 2 N–H and O–H groups in total. The highest BCUT2D eigenvalue weighted by Crippen LogP contribution is 2.36. The minimum atomic E-state index is -0.423. The first kappa shape index (κ1) is 14.8. The van der Waals surface area contributed by atoms with Crippen molar-refractivity contribution in [3.63, 3.8) is 0 Å². The smallest absolute Gasteiger partial charge is 0.181 e. The van der Waals surface area contributed by atoms with Crippen LogP contribution in [0.3, 0.4) is 0 Å². The van der Waals surface area contributed by atoms with Gasteiger partial charge in [0.25, 0.3) is 0 Å². The number of likely N-dealkylation sites (tertiary alicyclic amines) is 1. The van der Waals surface area contributed by atoms with Crippen LogP contribution in [0.1, 0.15) is 24.4 Å². The zero-order chi connectivity index (χ0) is 14.7. The molecular weight excluding hydrogens is 268 g/mol. The molecule has 0 radical (unpaired) electrons. The molecule has 2 heterocycles. The van der Waals surface area contributed by atoms with Gasteiger partial charge in [-0.1, -0.05) is 18.2 Å². The number of nitrogens with zero attached hydrogens (tertiary/aromatic N) is 1. The lowest BCUT2D eigenvalue weighted by Crippen LogP contribution is -2.51. The third-order valence-electron chi connectivity index (χ3n) is 4.42. The molecule has 21 heavy (non-hydrogen) atoms. The second-order valence-electron chi connectivity index (χ2n) is 5.68. The topological polar surface area (TPSA) is 57.0 Å². The fourth-order valence-electron chi connectivity index (χ4n) is 3.43. The van der Waals surface area contributed by atoms with Gasteiger partial charge >= 0.3 is 0 Å². The molecule has 0 aliphatic carbocycles. The monoisotopic (exact) mass is 292 g/mol. The quantitative estimate of drug-likeness (QED) is 0.912. The first-order valence-corrected chi connectivity index (χ1v) is 7.63. The highest BCUT2D eigenvalue weighted by Gasteiger charge is 2.42. The number of hydrogen-bond donors (Lipinski definition) is 1. The molecule has 0 saturated carbocycles. The van der Waals surface area contributed by atoms with Gasteiger partial charge in [0.15, 0.2) is 5.79 Å². The SMILES string of the molecule is COc1ccccc1C(CN)N1CCCC2(C1)OCCO2. The molecule has 116 valence electrons. The maximum atomic E-state index is 6.07. The van der Waals surface area contributed by atoms with E-state index < -0.39 is 5.79 Å². The molecule has 2 aliphatic rings. The van der Waals surface area contributed by atoms with Crippen LogP contribution in [0, 0.1) is 0 Å². The van der Waals surface area contributed by atoms with E-state index in [9.17, 15) is 0 Å². The number of piperidine rings is 1. The van der Waals surface area contributed by atoms with E-state index in [2.05, 4.69) is 11.0 Å². The number of benzene rings is 1. The van der Waals surface area contributed by atoms with Gasteiger partial charge in [-0.25, -0.2) is 0 Å². The molecule has 2 fully saturated rings. The molecule has 1 atom stereocenters. The molecule has 1 spiro atoms. The van der Waals surface area contributed by atoms with Gasteiger partial charge < -0.3 is 19.9 Å². The van der Waals surface area contributed by atoms with Crippen LogP contribution < -0.4 is 10.5 Å². The van der Waals surface area contributed by atoms with Crippen molar-refractivity contribution < 1.29 is 14.2 Å². The van der Waals surface area contributed by atoms with E-state index in [1.165, 1.54) is 0 Å². The van der Waals surface area contributed by atoms with Gasteiger partial charge in [-0.05, 0) is 19.0 Å². The van der Waals surface area contributed by atoms with Crippen LogP contribution in [-0.2, 0) is 9.47 Å². The summed E-state index contributed by atoms with van der Waals surface area (Å²) in [7, 11) is 1.70. The van der Waals surface area contributed by atoms with Crippen molar-refractivity contribution in [2.24, 2.45) is 5.73 Å². The maximum absolute atomic E-state index is 6.07. The second kappa shape index (κ2) is 6.32. The normalized spacial score (nSPS) is 23.3. The third kappa shape index (κ3) is 2.92. The molecule has 5 nitrogen and oxygen atoms in total. The van der Waals surface area contributed by atoms with Gasteiger partial charge in [-0.15, -0.1) is 0 Å². The lowest BCUT2D eigenvalue weighted by molar-refractivity contribution is -0.193. The summed E-state index contributed by atoms with van der Waals surface area (Å²) in [6.45, 7) is 3.71. The van der Waals surface area contributed by atoms with Crippen molar-refractivity contribution in [2.75, 3.05) is 40.0 Å². The highest BCUT2D eigenvalue weighted by atomic mass is 16.7. The highest BCUT2D eigenvalue weighted by molar-refractivity contribution is 5.36. The Morgan fingerprint density at radius 2 is 2.10 bits per heavy atom. The van der Waals surface area contributed by atoms with Gasteiger partial charge in [-0.2, -0.15) is 0 Å². The second-order valence-corrected chi connectivity index (χ2v) is 5.68. The Morgan fingerprint density at radius 3 is 2.81 bits per heavy atom. The van der Waals surface area contributed by atoms with E-state index in [1.807, 2.05) is 18.2 Å². The number of nitrogens with two attached hydrogens (primary N) is 1. The summed E-state index contributed by atoms with van der Waals surface area (Å²) in [6, 6.07) is 8.22. The van der Waals surface area contributed by atoms with Crippen molar-refractivity contribution in [1.82, 2.24) is 4.90 Å². The molecule has 1 aromatic carbocycles. The van der Waals surface area contributed by atoms with Gasteiger partial charge in [0.1, 0.15) is 5.75 Å². The molecule has 2 aliphatic heterocycles. The fraction of sp³-hybridized carbons (Fsp3) is 0.625. The van der Waals surface area contributed by atoms with E-state index in [1.54, 1.807) is 7.11 Å². The minimum absolute atomic E-state index is 0.131. The predicted octanol–water partition coefficient (Wildman–Crippen LogP) is 1.53. The molecule has 0 amide bonds. The van der Waals surface area contributed by atoms with Crippen LogP contribution in [0.2, 0.25) is 0 Å². The van der Waals surface area contributed by atoms with Gasteiger partial charge in [0.2, 0.25) is 0 Å². The summed E-state index contributed by atoms with van der Waals surface area (Å²) < 4.78 is 17.2. The summed E-state index contributed by atoms with van der Waals surface area (Å²) in [5, 5.41) is 0. The molecule has 1 aromatic rings. The Kier molecular flexibility index (Phi) is 4.45. The largest absolute Gasteiger partial charge is 0.496 e. The first-order chi connectivity index (χ1) is 10.3. The van der Waals surface area contributed by atoms with Crippen LogP contribution in [0.15, 0.2) is 24.3 Å². The standard InChI is InChI=1S/C16H24N2O3/c1-19-15-6-3-2-5-13(15)14(11-17)18-8-4-7-16(12-18)20-9-10-21-16/h2-3,5-6,14H,4,7-12,17H2,1H3. The lowest BCUT2D eigenvalue weighted by Gasteiger charge is -2.42. The van der Waals surface area contributed by atoms with E-state index >= 15 is 0 Å². The number of ether oxygens (including phenoxy) is 3. The molecule has 0 aromatic heterocycles. The maximum Gasteiger partial charge on any atom is 0.181 e. The predicted molar refractivity (Wildman–Crippen MR) is 80.2 cm³/mol. The first-order valence-electron chi connectivity index (χ1n) is 7.63. The van der Waals surface area contributed by atoms with E-state index in [0.717, 1.165) is 37.2 Å². The third-order valence-corrected chi connectivity index (χ3v) is 4.42. The van der Waals surface area contributed by atoms with Crippen LogP contribution in [0.25, 0.3) is 0 Å². The van der Waals surface area contributed by atoms with Crippen molar-refractivity contribution in [2.45, 2.75) is 24.7 Å². The van der Waals surface area contributed by atoms with E-state index in [4.69, 9.17) is 19.9 Å². The van der Waals surface area contributed by atoms with Gasteiger partial charge in [0.05, 0.1) is 32.9 Å². The minimum Gasteiger partial charge on any atom is -0.496 e. The summed E-state index contributed by atoms with van der Waals surface area (Å²) in [5.41, 5.74) is 7.20. The molecule has 5 heteroatoms. The number of methoxy groups -OCH3 is 1. The van der Waals surface area contributed by atoms with Crippen molar-refractivity contribution >= 4 is 0 Å². The zero-order valence-corrected chi connectivity index (χ0v) is 12.6. The average molecular weight is 292 g/mol. The molecular formula is C16H24N2O3. The lowest BCUT2D eigenvalue weighted by atomic mass is 9.98. The van der Waals surface area contributed by atoms with Crippen LogP contribution in [0.4, 0.5) is 0 Å². The Morgan fingerprint density at radius 1 is 1.33 bits per heavy atom. The van der Waals surface area contributed by atoms with Gasteiger partial charge in [0, 0.05) is 18.5 Å². The summed E-state index contributed by atoms with van der Waals surface area (Å²) in [6.07, 6.45) is 2.03.